The van der Waals surface area contributed by atoms with E-state index in [-0.39, 0.29) is 17.8 Å². The third-order valence-electron chi connectivity index (χ3n) is 4.41. The zero-order chi connectivity index (χ0) is 17.6. The Morgan fingerprint density at radius 3 is 2.50 bits per heavy atom. The number of ketones is 1. The van der Waals surface area contributed by atoms with Crippen molar-refractivity contribution in [2.24, 2.45) is 0 Å². The van der Waals surface area contributed by atoms with Gasteiger partial charge in [-0.1, -0.05) is 12.2 Å². The maximum absolute atomic E-state index is 12.6. The number of ether oxygens (including phenoxy) is 3. The first-order chi connectivity index (χ1) is 11.4. The summed E-state index contributed by atoms with van der Waals surface area (Å²) in [4.78, 5) is 51.4. The highest BCUT2D eigenvalue weighted by Gasteiger charge is 2.67. The summed E-state index contributed by atoms with van der Waals surface area (Å²) in [6, 6.07) is -0.789. The van der Waals surface area contributed by atoms with Crippen LogP contribution in [0.1, 0.15) is 6.92 Å². The molecule has 0 aliphatic carbocycles. The molecule has 3 heterocycles. The second-order valence-corrected chi connectivity index (χ2v) is 5.47. The van der Waals surface area contributed by atoms with Gasteiger partial charge in [-0.05, 0) is 13.0 Å². The number of methoxy groups -OCH3 is 2. The van der Waals surface area contributed by atoms with Crippen LogP contribution in [0.25, 0.3) is 0 Å². The van der Waals surface area contributed by atoms with Crippen molar-refractivity contribution < 1.29 is 33.4 Å². The molecule has 0 bridgehead atoms. The average molecular weight is 333 g/mol. The molecule has 0 radical (unpaired) electrons. The Labute approximate surface area is 137 Å². The van der Waals surface area contributed by atoms with Gasteiger partial charge in [0.05, 0.1) is 37.1 Å². The molecule has 1 saturated heterocycles. The van der Waals surface area contributed by atoms with Gasteiger partial charge in [0, 0.05) is 0 Å². The van der Waals surface area contributed by atoms with E-state index in [2.05, 4.69) is 0 Å². The predicted octanol–water partition coefficient (Wildman–Crippen LogP) is -0.349. The lowest BCUT2D eigenvalue weighted by Crippen LogP contribution is -2.64. The monoisotopic (exact) mass is 333 g/mol. The Hall–Kier alpha value is -2.90. The number of morpholine rings is 1. The van der Waals surface area contributed by atoms with E-state index in [4.69, 9.17) is 14.2 Å². The number of allylic oxidation sites excluding steroid dienone is 2. The second kappa shape index (κ2) is 5.33. The molecular formula is C16H15NO7. The average Bonchev–Trinajstić information content (AvgIpc) is 2.91. The molecule has 3 aliphatic rings. The zero-order valence-electron chi connectivity index (χ0n) is 13.3. The van der Waals surface area contributed by atoms with Crippen LogP contribution in [0, 0.1) is 0 Å². The van der Waals surface area contributed by atoms with Crippen LogP contribution >= 0.6 is 0 Å². The molecule has 0 aromatic heterocycles. The van der Waals surface area contributed by atoms with Gasteiger partial charge in [-0.3, -0.25) is 4.79 Å². The number of nitrogens with zero attached hydrogens (tertiary/aromatic N) is 1. The summed E-state index contributed by atoms with van der Waals surface area (Å²) in [6.45, 7) is 1.11. The molecule has 126 valence electrons. The Morgan fingerprint density at radius 2 is 1.92 bits per heavy atom. The van der Waals surface area contributed by atoms with Gasteiger partial charge in [-0.15, -0.1) is 0 Å². The summed E-state index contributed by atoms with van der Waals surface area (Å²) in [5.74, 6) is -3.31. The normalized spacial score (nSPS) is 27.3. The first-order valence-electron chi connectivity index (χ1n) is 7.17. The Morgan fingerprint density at radius 1 is 1.25 bits per heavy atom. The maximum Gasteiger partial charge on any atom is 0.345 e. The summed E-state index contributed by atoms with van der Waals surface area (Å²) in [5, 5.41) is 0. The molecule has 0 N–H and O–H groups in total. The van der Waals surface area contributed by atoms with Crippen molar-refractivity contribution in [2.45, 2.75) is 18.5 Å². The molecule has 0 aromatic carbocycles. The smallest absolute Gasteiger partial charge is 0.345 e. The highest BCUT2D eigenvalue weighted by atomic mass is 16.5. The van der Waals surface area contributed by atoms with E-state index in [1.54, 1.807) is 18.2 Å². The van der Waals surface area contributed by atoms with Crippen molar-refractivity contribution in [3.05, 3.63) is 35.1 Å². The van der Waals surface area contributed by atoms with Crippen LogP contribution in [-0.4, -0.2) is 61.0 Å². The zero-order valence-corrected chi connectivity index (χ0v) is 13.3. The fourth-order valence-corrected chi connectivity index (χ4v) is 3.47. The summed E-state index contributed by atoms with van der Waals surface area (Å²) in [6.07, 6.45) is 4.95. The number of hydrogen-bond acceptors (Lipinski definition) is 8. The number of hydrogen-bond donors (Lipinski definition) is 0. The fraction of sp³-hybridized carbons (Fsp3) is 0.375. The van der Waals surface area contributed by atoms with Crippen molar-refractivity contribution in [1.29, 1.82) is 0 Å². The van der Waals surface area contributed by atoms with E-state index in [1.165, 1.54) is 11.8 Å². The van der Waals surface area contributed by atoms with Gasteiger partial charge in [-0.25, -0.2) is 14.4 Å². The van der Waals surface area contributed by atoms with E-state index in [1.807, 2.05) is 0 Å². The maximum atomic E-state index is 12.6. The van der Waals surface area contributed by atoms with Crippen molar-refractivity contribution in [3.63, 3.8) is 0 Å². The fourth-order valence-electron chi connectivity index (χ4n) is 3.47. The minimum Gasteiger partial charge on any atom is -0.466 e. The van der Waals surface area contributed by atoms with Gasteiger partial charge in [0.15, 0.2) is 5.78 Å². The van der Waals surface area contributed by atoms with E-state index in [9.17, 15) is 19.2 Å². The van der Waals surface area contributed by atoms with Gasteiger partial charge in [0.25, 0.3) is 0 Å². The third kappa shape index (κ3) is 1.73. The largest absolute Gasteiger partial charge is 0.466 e. The molecule has 0 aromatic rings. The van der Waals surface area contributed by atoms with Crippen LogP contribution in [0.2, 0.25) is 0 Å². The molecule has 0 amide bonds. The van der Waals surface area contributed by atoms with Gasteiger partial charge in [0.1, 0.15) is 6.61 Å². The van der Waals surface area contributed by atoms with Crippen LogP contribution in [0.15, 0.2) is 35.1 Å². The number of rotatable bonds is 3. The van der Waals surface area contributed by atoms with E-state index in [0.29, 0.717) is 5.70 Å². The van der Waals surface area contributed by atoms with Crippen molar-refractivity contribution in [2.75, 3.05) is 20.8 Å². The Kier molecular flexibility index (Phi) is 3.55. The number of esters is 3. The molecule has 0 saturated carbocycles. The minimum absolute atomic E-state index is 0.0579. The number of Topliss-reactive ketones (excluding diaryl/α,β-unsaturated/α-hetero) is 1. The van der Waals surface area contributed by atoms with Crippen LogP contribution in [0.3, 0.4) is 0 Å². The van der Waals surface area contributed by atoms with Crippen molar-refractivity contribution >= 4 is 23.7 Å². The molecular weight excluding hydrogens is 318 g/mol. The lowest BCUT2D eigenvalue weighted by atomic mass is 9.83. The van der Waals surface area contributed by atoms with Crippen molar-refractivity contribution in [1.82, 2.24) is 4.90 Å². The first kappa shape index (κ1) is 16.0. The highest BCUT2D eigenvalue weighted by molar-refractivity contribution is 6.22. The van der Waals surface area contributed by atoms with Crippen molar-refractivity contribution in [3.8, 4) is 0 Å². The molecule has 2 unspecified atom stereocenters. The third-order valence-corrected chi connectivity index (χ3v) is 4.41. The molecule has 0 spiro atoms. The highest BCUT2D eigenvalue weighted by Crippen LogP contribution is 2.48. The number of carbonyl (C=O) groups is 4. The number of carbonyl (C=O) groups excluding carboxylic acids is 4. The summed E-state index contributed by atoms with van der Waals surface area (Å²) in [7, 11) is 2.26. The lowest BCUT2D eigenvalue weighted by molar-refractivity contribution is -0.166. The Bertz CT molecular complexity index is 760. The standard InChI is InChI=1S/C16H15NO7/c1-8(18)16-12(14(20)23-3)11(13(19)22-2)10-6-4-5-9(17(10)16)7-24-15(16)21/h4-6,10H,7H2,1-3H3. The molecule has 3 rings (SSSR count). The van der Waals surface area contributed by atoms with Gasteiger partial charge in [0.2, 0.25) is 5.54 Å². The second-order valence-electron chi connectivity index (χ2n) is 5.47. The first-order valence-corrected chi connectivity index (χ1v) is 7.17. The Balaban J connectivity index is 2.39. The SMILES string of the molecule is COC(=O)C1=C(C(=O)OC)C2(C(C)=O)C(=O)OCC3=CC=CC1N32. The summed E-state index contributed by atoms with van der Waals surface area (Å²) < 4.78 is 14.6. The quantitative estimate of drug-likeness (QED) is 0.393. The van der Waals surface area contributed by atoms with Gasteiger partial charge < -0.3 is 19.1 Å². The molecule has 8 heteroatoms. The molecule has 8 nitrogen and oxygen atoms in total. The summed E-state index contributed by atoms with van der Waals surface area (Å²) >= 11 is 0. The molecule has 2 atom stereocenters. The summed E-state index contributed by atoms with van der Waals surface area (Å²) in [5.41, 5.74) is -1.98. The molecule has 3 aliphatic heterocycles. The van der Waals surface area contributed by atoms with E-state index < -0.39 is 35.3 Å². The predicted molar refractivity (Wildman–Crippen MR) is 78.3 cm³/mol. The molecule has 1 fully saturated rings. The van der Waals surface area contributed by atoms with Crippen LogP contribution in [0.5, 0.6) is 0 Å². The minimum atomic E-state index is -2.05. The lowest BCUT2D eigenvalue weighted by Gasteiger charge is -2.45. The van der Waals surface area contributed by atoms with Gasteiger partial charge >= 0.3 is 17.9 Å². The number of cyclic esters (lactones) is 1. The van der Waals surface area contributed by atoms with Crippen LogP contribution in [0.4, 0.5) is 0 Å². The van der Waals surface area contributed by atoms with E-state index >= 15 is 0 Å². The van der Waals surface area contributed by atoms with E-state index in [0.717, 1.165) is 14.2 Å². The molecule has 24 heavy (non-hydrogen) atoms. The van der Waals surface area contributed by atoms with Crippen LogP contribution < -0.4 is 0 Å². The topological polar surface area (TPSA) is 99.2 Å². The van der Waals surface area contributed by atoms with Gasteiger partial charge in [-0.2, -0.15) is 0 Å². The van der Waals surface area contributed by atoms with Crippen LogP contribution in [-0.2, 0) is 33.4 Å².